The highest BCUT2D eigenvalue weighted by atomic mass is 79.9. The summed E-state index contributed by atoms with van der Waals surface area (Å²) in [5.41, 5.74) is 1.96. The van der Waals surface area contributed by atoms with Crippen molar-refractivity contribution in [2.75, 3.05) is 0 Å². The van der Waals surface area contributed by atoms with Gasteiger partial charge in [-0.15, -0.1) is 0 Å². The Labute approximate surface area is 96.2 Å². The Morgan fingerprint density at radius 2 is 2.07 bits per heavy atom. The van der Waals surface area contributed by atoms with Crippen LogP contribution in [0.15, 0.2) is 29.3 Å². The molecule has 80 valence electrons. The van der Waals surface area contributed by atoms with Crippen LogP contribution in [0.1, 0.15) is 24.2 Å². The molecule has 0 aliphatic carbocycles. The van der Waals surface area contributed by atoms with Crippen molar-refractivity contribution in [3.05, 3.63) is 40.4 Å². The number of allylic oxidation sites excluding steroid dienone is 1. The number of hydrogen-bond donors (Lipinski definition) is 2. The van der Waals surface area contributed by atoms with E-state index in [1.54, 1.807) is 12.1 Å². The molecule has 3 nitrogen and oxygen atoms in total. The van der Waals surface area contributed by atoms with Crippen LogP contribution in [0.25, 0.3) is 5.57 Å². The fourth-order valence-corrected chi connectivity index (χ4v) is 1.67. The zero-order valence-electron chi connectivity index (χ0n) is 8.20. The van der Waals surface area contributed by atoms with E-state index >= 15 is 0 Å². The van der Waals surface area contributed by atoms with Crippen LogP contribution >= 0.6 is 15.9 Å². The zero-order valence-corrected chi connectivity index (χ0v) is 9.78. The largest absolute Gasteiger partial charge is 0.479 e. The van der Waals surface area contributed by atoms with Gasteiger partial charge in [0, 0.05) is 4.47 Å². The summed E-state index contributed by atoms with van der Waals surface area (Å²) in [5.74, 6) is -1.26. The molecule has 0 saturated heterocycles. The van der Waals surface area contributed by atoms with Crippen molar-refractivity contribution >= 4 is 27.5 Å². The minimum absolute atomic E-state index is 0.342. The van der Waals surface area contributed by atoms with Gasteiger partial charge in [0.25, 0.3) is 0 Å². The monoisotopic (exact) mass is 270 g/mol. The molecule has 1 aromatic carbocycles. The average Bonchev–Trinajstić information content (AvgIpc) is 2.15. The first kappa shape index (κ1) is 11.9. The second kappa shape index (κ2) is 4.59. The molecular weight excluding hydrogens is 260 g/mol. The van der Waals surface area contributed by atoms with Gasteiger partial charge in [-0.2, -0.15) is 0 Å². The normalized spacial score (nSPS) is 12.2. The molecule has 15 heavy (non-hydrogen) atoms. The Bertz CT molecular complexity index is 412. The Hall–Kier alpha value is -1.13. The van der Waals surface area contributed by atoms with E-state index in [-0.39, 0.29) is 0 Å². The molecule has 1 rings (SSSR count). The molecule has 1 aromatic rings. The van der Waals surface area contributed by atoms with Crippen molar-refractivity contribution in [2.45, 2.75) is 13.0 Å². The van der Waals surface area contributed by atoms with Gasteiger partial charge in [0.15, 0.2) is 6.10 Å². The molecule has 2 N–H and O–H groups in total. The summed E-state index contributed by atoms with van der Waals surface area (Å²) < 4.78 is 0.721. The summed E-state index contributed by atoms with van der Waals surface area (Å²) in [5, 5.41) is 18.0. The molecule has 1 atom stereocenters. The topological polar surface area (TPSA) is 57.5 Å². The maximum absolute atomic E-state index is 10.6. The second-order valence-electron chi connectivity index (χ2n) is 3.29. The van der Waals surface area contributed by atoms with Crippen LogP contribution < -0.4 is 0 Å². The summed E-state index contributed by atoms with van der Waals surface area (Å²) in [4.78, 5) is 10.6. The van der Waals surface area contributed by atoms with Crippen LogP contribution in [-0.2, 0) is 4.79 Å². The van der Waals surface area contributed by atoms with Crippen LogP contribution in [0.5, 0.6) is 0 Å². The fraction of sp³-hybridized carbons (Fsp3) is 0.182. The molecule has 0 heterocycles. The molecule has 0 fully saturated rings. The van der Waals surface area contributed by atoms with Gasteiger partial charge in [-0.25, -0.2) is 4.79 Å². The number of halogens is 1. The molecule has 0 spiro atoms. The third-order valence-electron chi connectivity index (χ3n) is 1.96. The lowest BCUT2D eigenvalue weighted by Gasteiger charge is -2.09. The molecule has 0 bridgehead atoms. The van der Waals surface area contributed by atoms with Gasteiger partial charge in [0.2, 0.25) is 0 Å². The maximum Gasteiger partial charge on any atom is 0.337 e. The standard InChI is InChI=1S/C11H11BrO3/c1-6(2)7-3-8(5-9(12)4-7)10(13)11(14)15/h3-5,10,13H,1H2,2H3,(H,14,15). The minimum atomic E-state index is -1.50. The van der Waals surface area contributed by atoms with Crippen LogP contribution in [0, 0.1) is 0 Å². The highest BCUT2D eigenvalue weighted by Crippen LogP contribution is 2.24. The minimum Gasteiger partial charge on any atom is -0.479 e. The number of carboxylic acids is 1. The van der Waals surface area contributed by atoms with E-state index < -0.39 is 12.1 Å². The number of benzene rings is 1. The summed E-state index contributed by atoms with van der Waals surface area (Å²) in [6.07, 6.45) is -1.50. The number of carbonyl (C=O) groups is 1. The van der Waals surface area contributed by atoms with Crippen molar-refractivity contribution in [2.24, 2.45) is 0 Å². The predicted octanol–water partition coefficient (Wildman–Crippen LogP) is 2.60. The first-order valence-corrected chi connectivity index (χ1v) is 5.08. The molecule has 0 saturated carbocycles. The van der Waals surface area contributed by atoms with Gasteiger partial charge in [-0.05, 0) is 36.2 Å². The first-order valence-electron chi connectivity index (χ1n) is 4.29. The number of aliphatic hydroxyl groups is 1. The van der Waals surface area contributed by atoms with E-state index in [9.17, 15) is 9.90 Å². The predicted molar refractivity (Wildman–Crippen MR) is 61.4 cm³/mol. The third kappa shape index (κ3) is 2.91. The van der Waals surface area contributed by atoms with Gasteiger partial charge in [-0.3, -0.25) is 0 Å². The Kier molecular flexibility index (Phi) is 3.66. The smallest absolute Gasteiger partial charge is 0.337 e. The van der Waals surface area contributed by atoms with Gasteiger partial charge in [0.05, 0.1) is 0 Å². The van der Waals surface area contributed by atoms with Gasteiger partial charge >= 0.3 is 5.97 Å². The van der Waals surface area contributed by atoms with E-state index in [0.717, 1.165) is 15.6 Å². The summed E-state index contributed by atoms with van der Waals surface area (Å²) in [6, 6.07) is 5.01. The van der Waals surface area contributed by atoms with Crippen LogP contribution in [-0.4, -0.2) is 16.2 Å². The number of aliphatic carboxylic acids is 1. The van der Waals surface area contributed by atoms with E-state index in [4.69, 9.17) is 5.11 Å². The molecular formula is C11H11BrO3. The van der Waals surface area contributed by atoms with Crippen molar-refractivity contribution in [3.63, 3.8) is 0 Å². The average molecular weight is 271 g/mol. The number of hydrogen-bond acceptors (Lipinski definition) is 2. The van der Waals surface area contributed by atoms with Crippen molar-refractivity contribution in [1.29, 1.82) is 0 Å². The quantitative estimate of drug-likeness (QED) is 0.888. The summed E-state index contributed by atoms with van der Waals surface area (Å²) in [7, 11) is 0. The molecule has 1 unspecified atom stereocenters. The number of carboxylic acid groups (broad SMARTS) is 1. The van der Waals surface area contributed by atoms with E-state index in [1.165, 1.54) is 0 Å². The summed E-state index contributed by atoms with van der Waals surface area (Å²) >= 11 is 3.25. The molecule has 0 aliphatic rings. The lowest BCUT2D eigenvalue weighted by molar-refractivity contribution is -0.146. The van der Waals surface area contributed by atoms with E-state index in [2.05, 4.69) is 22.5 Å². The van der Waals surface area contributed by atoms with Crippen LogP contribution in [0.3, 0.4) is 0 Å². The molecule has 0 amide bonds. The third-order valence-corrected chi connectivity index (χ3v) is 2.42. The zero-order chi connectivity index (χ0) is 11.6. The maximum atomic E-state index is 10.6. The van der Waals surface area contributed by atoms with Crippen LogP contribution in [0.4, 0.5) is 0 Å². The van der Waals surface area contributed by atoms with Crippen molar-refractivity contribution in [1.82, 2.24) is 0 Å². The lowest BCUT2D eigenvalue weighted by Crippen LogP contribution is -2.10. The fourth-order valence-electron chi connectivity index (χ4n) is 1.16. The highest BCUT2D eigenvalue weighted by Gasteiger charge is 2.16. The Morgan fingerprint density at radius 1 is 1.47 bits per heavy atom. The van der Waals surface area contributed by atoms with Gasteiger partial charge in [-0.1, -0.05) is 28.1 Å². The highest BCUT2D eigenvalue weighted by molar-refractivity contribution is 9.10. The Balaban J connectivity index is 3.20. The molecule has 0 aromatic heterocycles. The summed E-state index contributed by atoms with van der Waals surface area (Å²) in [6.45, 7) is 5.58. The lowest BCUT2D eigenvalue weighted by atomic mass is 10.0. The first-order chi connectivity index (χ1) is 6.91. The Morgan fingerprint density at radius 3 is 2.53 bits per heavy atom. The molecule has 4 heteroatoms. The van der Waals surface area contributed by atoms with Crippen molar-refractivity contribution in [3.8, 4) is 0 Å². The van der Waals surface area contributed by atoms with Crippen LogP contribution in [0.2, 0.25) is 0 Å². The van der Waals surface area contributed by atoms with Crippen molar-refractivity contribution < 1.29 is 15.0 Å². The van der Waals surface area contributed by atoms with Gasteiger partial charge in [0.1, 0.15) is 0 Å². The molecule has 0 aliphatic heterocycles. The molecule has 0 radical (unpaired) electrons. The van der Waals surface area contributed by atoms with E-state index in [1.807, 2.05) is 13.0 Å². The van der Waals surface area contributed by atoms with Gasteiger partial charge < -0.3 is 10.2 Å². The SMILES string of the molecule is C=C(C)c1cc(Br)cc(C(O)C(=O)O)c1. The second-order valence-corrected chi connectivity index (χ2v) is 4.21. The number of aliphatic hydroxyl groups excluding tert-OH is 1. The number of rotatable bonds is 3. The van der Waals surface area contributed by atoms with E-state index in [0.29, 0.717) is 5.56 Å².